The number of carbonyl (C=O) groups is 3. The molecule has 0 unspecified atom stereocenters. The maximum atomic E-state index is 13.5. The van der Waals surface area contributed by atoms with Crippen LogP contribution in [0.2, 0.25) is 34.5 Å². The molecule has 15 nitrogen and oxygen atoms in total. The highest BCUT2D eigenvalue weighted by atomic mass is 79.9. The van der Waals surface area contributed by atoms with Gasteiger partial charge in [-0.25, -0.2) is 24.1 Å². The molecule has 3 N–H and O–H groups in total. The number of hydrogen-bond donors (Lipinski definition) is 3. The molecular weight excluding hydrogens is 1500 g/mol. The summed E-state index contributed by atoms with van der Waals surface area (Å²) < 4.78 is 12.7. The summed E-state index contributed by atoms with van der Waals surface area (Å²) >= 11 is 49.4. The second-order valence-corrected chi connectivity index (χ2v) is 30.6. The molecule has 24 heteroatoms. The van der Waals surface area contributed by atoms with Crippen molar-refractivity contribution in [2.45, 2.75) is 109 Å². The Labute approximate surface area is 634 Å². The van der Waals surface area contributed by atoms with Gasteiger partial charge in [-0.3, -0.25) is 25.2 Å². The second kappa shape index (κ2) is 33.0. The van der Waals surface area contributed by atoms with Crippen molar-refractivity contribution < 1.29 is 18.8 Å². The predicted octanol–water partition coefficient (Wildman–Crippen LogP) is 21.0. The molecule has 5 aromatic heterocycles. The second-order valence-electron chi connectivity index (χ2n) is 25.4. The lowest BCUT2D eigenvalue weighted by atomic mass is 9.89. The summed E-state index contributed by atoms with van der Waals surface area (Å²) in [6.07, 6.45) is 22.5. The van der Waals surface area contributed by atoms with Crippen LogP contribution in [0, 0.1) is 0 Å². The molecule has 3 amide bonds. The molecule has 2 saturated heterocycles. The van der Waals surface area contributed by atoms with Gasteiger partial charge in [0, 0.05) is 67.3 Å². The number of allylic oxidation sites excluding steroid dienone is 3. The molecule has 2 aliphatic heterocycles. The monoisotopic (exact) mass is 1570 g/mol. The molecule has 0 saturated carbocycles. The molecule has 0 spiro atoms. The summed E-state index contributed by atoms with van der Waals surface area (Å²) in [4.78, 5) is 41.2. The van der Waals surface area contributed by atoms with Crippen molar-refractivity contribution in [3.63, 3.8) is 0 Å². The zero-order valence-corrected chi connectivity index (χ0v) is 62.9. The van der Waals surface area contributed by atoms with Crippen molar-refractivity contribution in [2.75, 3.05) is 26.2 Å². The number of thiophene rings is 1. The van der Waals surface area contributed by atoms with Gasteiger partial charge in [-0.2, -0.15) is 15.3 Å². The number of amides is 3. The molecule has 7 heterocycles. The topological polar surface area (TPSA) is 160 Å². The number of hydrazine groups is 2. The standard InChI is InChI=1S/C27H22Cl3N3OS.C26H25BrCl2N4O.C24H24Cl2N4O2/c1-16(17-6-3-2-4-7-17)31-27(34)25-21-9-5-8-18(14-20-11-13-24(30)35-20)26(21)33(32-25)23-12-10-19(28)15-22(23)29;27-19-9-7-17(8-10-19)15-18-5-4-6-21-24(26(34)31-32-13-2-1-3-14-32)30-33(25(18)21)23-12-11-20(28)16-22(23)29;25-17-9-10-21(20(26)15-17)30-23-16(14-18-7-5-13-32-18)6-4-8-19(23)22(27-30)24(31)28-29-11-2-1-3-12-29/h2-4,6-7,10-16H,5,8-9H2,1H3,(H,31,34);7-12,15-16H,1-6,13-14H2,(H,31,34);5,7,9-10,13-15H,1-4,6,8,11-12H2,(H,28,31)/b18-14+;18-15+;16-14+/t16-;;/m1../s1. The van der Waals surface area contributed by atoms with E-state index in [1.807, 2.05) is 113 Å². The van der Waals surface area contributed by atoms with E-state index in [-0.39, 0.29) is 23.8 Å². The van der Waals surface area contributed by atoms with E-state index in [0.717, 1.165) is 191 Å². The summed E-state index contributed by atoms with van der Waals surface area (Å²) in [6.45, 7) is 5.43. The first-order chi connectivity index (χ1) is 49.0. The summed E-state index contributed by atoms with van der Waals surface area (Å²) in [5.74, 6) is 0.224. The lowest BCUT2D eigenvalue weighted by Gasteiger charge is -2.26. The molecule has 5 aromatic carbocycles. The van der Waals surface area contributed by atoms with Crippen LogP contribution in [0.3, 0.4) is 0 Å². The molecule has 15 rings (SSSR count). The highest BCUT2D eigenvalue weighted by Gasteiger charge is 2.34. The lowest BCUT2D eigenvalue weighted by Crippen LogP contribution is -2.45. The van der Waals surface area contributed by atoms with Gasteiger partial charge >= 0.3 is 0 Å². The van der Waals surface area contributed by atoms with Crippen LogP contribution in [-0.4, -0.2) is 83.3 Å². The largest absolute Gasteiger partial charge is 0.465 e. The van der Waals surface area contributed by atoms with Crippen molar-refractivity contribution in [3.05, 3.63) is 251 Å². The van der Waals surface area contributed by atoms with Gasteiger partial charge < -0.3 is 9.73 Å². The first-order valence-electron chi connectivity index (χ1n) is 33.9. The smallest absolute Gasteiger partial charge is 0.286 e. The number of rotatable bonds is 13. The number of nitrogens with zero attached hydrogens (tertiary/aromatic N) is 8. The number of furan rings is 1. The van der Waals surface area contributed by atoms with E-state index in [4.69, 9.17) is 101 Å². The van der Waals surface area contributed by atoms with Crippen LogP contribution in [0.25, 0.3) is 52.0 Å². The number of piperidine rings is 2. The Morgan fingerprint density at radius 3 is 1.36 bits per heavy atom. The van der Waals surface area contributed by atoms with Crippen molar-refractivity contribution in [1.82, 2.24) is 55.5 Å². The normalized spacial score (nSPS) is 16.9. The fourth-order valence-corrected chi connectivity index (χ4v) is 16.4. The highest BCUT2D eigenvalue weighted by molar-refractivity contribution is 9.10. The molecule has 0 bridgehead atoms. The summed E-state index contributed by atoms with van der Waals surface area (Å²) in [5, 5.41) is 24.6. The highest BCUT2D eigenvalue weighted by Crippen LogP contribution is 2.42. The minimum Gasteiger partial charge on any atom is -0.465 e. The Balaban J connectivity index is 0.000000136. The molecule has 2 fully saturated rings. The average molecular weight is 1570 g/mol. The van der Waals surface area contributed by atoms with Crippen LogP contribution >= 0.6 is 108 Å². The first-order valence-corrected chi connectivity index (χ1v) is 38.1. The molecule has 5 aliphatic rings. The van der Waals surface area contributed by atoms with Crippen molar-refractivity contribution in [2.24, 2.45) is 0 Å². The van der Waals surface area contributed by atoms with E-state index in [2.05, 4.69) is 56.4 Å². The Bertz CT molecular complexity index is 4780. The third-order valence-electron chi connectivity index (χ3n) is 18.4. The van der Waals surface area contributed by atoms with Crippen LogP contribution in [-0.2, 0) is 19.3 Å². The van der Waals surface area contributed by atoms with Crippen LogP contribution < -0.4 is 16.2 Å². The number of nitrogens with one attached hydrogen (secondary N) is 3. The Morgan fingerprint density at radius 1 is 0.485 bits per heavy atom. The quantitative estimate of drug-likeness (QED) is 0.102. The van der Waals surface area contributed by atoms with Gasteiger partial charge in [-0.1, -0.05) is 152 Å². The summed E-state index contributed by atoms with van der Waals surface area (Å²) in [7, 11) is 0. The third-order valence-corrected chi connectivity index (χ3v) is 21.7. The van der Waals surface area contributed by atoms with E-state index in [1.165, 1.54) is 24.2 Å². The van der Waals surface area contributed by atoms with Crippen LogP contribution in [0.1, 0.15) is 177 Å². The van der Waals surface area contributed by atoms with Gasteiger partial charge in [0.1, 0.15) is 5.76 Å². The molecule has 10 aromatic rings. The van der Waals surface area contributed by atoms with E-state index in [9.17, 15) is 14.4 Å². The summed E-state index contributed by atoms with van der Waals surface area (Å²) in [6, 6.07) is 41.6. The number of fused-ring (bicyclic) bond motifs is 3. The fourth-order valence-electron chi connectivity index (χ4n) is 13.6. The molecule has 0 radical (unpaired) electrons. The van der Waals surface area contributed by atoms with Crippen molar-refractivity contribution >= 4 is 161 Å². The van der Waals surface area contributed by atoms with Gasteiger partial charge in [0.15, 0.2) is 17.1 Å². The van der Waals surface area contributed by atoms with Gasteiger partial charge in [0.05, 0.1) is 65.9 Å². The van der Waals surface area contributed by atoms with Crippen LogP contribution in [0.15, 0.2) is 149 Å². The summed E-state index contributed by atoms with van der Waals surface area (Å²) in [5.41, 5.74) is 20.6. The van der Waals surface area contributed by atoms with Gasteiger partial charge in [0.25, 0.3) is 17.7 Å². The Kier molecular flexibility index (Phi) is 23.6. The third kappa shape index (κ3) is 17.0. The minimum atomic E-state index is -0.207. The van der Waals surface area contributed by atoms with Gasteiger partial charge in [0.2, 0.25) is 0 Å². The predicted molar refractivity (Wildman–Crippen MR) is 413 cm³/mol. The van der Waals surface area contributed by atoms with E-state index >= 15 is 0 Å². The van der Waals surface area contributed by atoms with Crippen LogP contribution in [0.4, 0.5) is 0 Å². The van der Waals surface area contributed by atoms with Gasteiger partial charge in [-0.15, -0.1) is 11.3 Å². The Morgan fingerprint density at radius 2 is 0.931 bits per heavy atom. The van der Waals surface area contributed by atoms with E-state index in [1.54, 1.807) is 52.0 Å². The number of aromatic nitrogens is 6. The molecule has 101 heavy (non-hydrogen) atoms. The molecule has 1 atom stereocenters. The van der Waals surface area contributed by atoms with E-state index < -0.39 is 0 Å². The Hall–Kier alpha value is -7.23. The lowest BCUT2D eigenvalue weighted by molar-refractivity contribution is 0.0736. The van der Waals surface area contributed by atoms with Crippen LogP contribution in [0.5, 0.6) is 0 Å². The number of hydrogen-bond acceptors (Lipinski definition) is 10. The average Bonchev–Trinajstić information content (AvgIpc) is 1.63. The molecular formula is C77H71BrCl7N11O4S. The molecule has 520 valence electrons. The van der Waals surface area contributed by atoms with Crippen molar-refractivity contribution in [1.29, 1.82) is 0 Å². The van der Waals surface area contributed by atoms with E-state index in [0.29, 0.717) is 64.3 Å². The first kappa shape index (κ1) is 72.1. The SMILES string of the molecule is C[C@@H](NC(=O)c1nn(-c2ccc(Cl)cc2Cl)c2c1CCC/C2=C\c1ccc(Cl)s1)c1ccccc1.O=C(NN1CCCCC1)c1nn(-c2ccc(Cl)cc2Cl)c2c1CCC/C2=C\c1ccc(Br)cc1.O=C(NN1CCCCC1)c1nn(-c2ccc(Cl)cc2Cl)c2c1CCC/C2=C\c1ccco1. The number of halogens is 8. The van der Waals surface area contributed by atoms with Gasteiger partial charge in [-0.05, 0) is 227 Å². The molecule has 3 aliphatic carbocycles. The van der Waals surface area contributed by atoms with Crippen molar-refractivity contribution in [3.8, 4) is 17.1 Å². The minimum absolute atomic E-state index is 0.157. The maximum absolute atomic E-state index is 13.5. The zero-order valence-electron chi connectivity index (χ0n) is 55.2. The number of carbonyl (C=O) groups excluding carboxylic acids is 3. The fraction of sp³-hybridized carbons (Fsp3) is 0.273. The number of benzene rings is 5. The zero-order chi connectivity index (χ0) is 70.3. The maximum Gasteiger partial charge on any atom is 0.286 e.